The number of nitrogens with two attached hydrogens (primary N) is 1. The second kappa shape index (κ2) is 7.56. The van der Waals surface area contributed by atoms with Gasteiger partial charge in [-0.25, -0.2) is 31.7 Å². The van der Waals surface area contributed by atoms with Crippen molar-refractivity contribution in [2.75, 3.05) is 12.4 Å². The Morgan fingerprint density at radius 2 is 1.97 bits per heavy atom. The molecule has 1 spiro atoms. The molecule has 1 aromatic carbocycles. The van der Waals surface area contributed by atoms with Gasteiger partial charge in [0.1, 0.15) is 6.23 Å². The number of aliphatic hydroxyl groups excluding tert-OH is 1. The Labute approximate surface area is 181 Å². The second-order valence-corrected chi connectivity index (χ2v) is 9.85. The number of anilines is 1. The molecule has 1 aromatic heterocycles. The third kappa shape index (κ3) is 3.80. The fourth-order valence-corrected chi connectivity index (χ4v) is 5.22. The summed E-state index contributed by atoms with van der Waals surface area (Å²) in [6.45, 7) is 0. The molecule has 0 saturated heterocycles. The molecule has 32 heavy (non-hydrogen) atoms. The van der Waals surface area contributed by atoms with Crippen LogP contribution in [0.15, 0.2) is 35.5 Å². The second-order valence-electron chi connectivity index (χ2n) is 8.34. The summed E-state index contributed by atoms with van der Waals surface area (Å²) in [5.74, 6) is -7.29. The third-order valence-corrected chi connectivity index (χ3v) is 7.20. The minimum absolute atomic E-state index is 0.0520. The zero-order chi connectivity index (χ0) is 23.5. The Kier molecular flexibility index (Phi) is 5.37. The van der Waals surface area contributed by atoms with Crippen molar-refractivity contribution < 1.29 is 35.8 Å². The van der Waals surface area contributed by atoms with Gasteiger partial charge in [0.2, 0.25) is 5.82 Å². The number of sulfonamides is 1. The first-order valence-electron chi connectivity index (χ1n) is 9.72. The first-order valence-corrected chi connectivity index (χ1v) is 11.3. The van der Waals surface area contributed by atoms with Gasteiger partial charge in [0.15, 0.2) is 16.6 Å². The van der Waals surface area contributed by atoms with Gasteiger partial charge in [-0.2, -0.15) is 4.39 Å². The molecule has 0 bridgehead atoms. The number of aliphatic hydroxyl groups is 1. The van der Waals surface area contributed by atoms with Crippen LogP contribution in [-0.2, 0) is 10.0 Å². The van der Waals surface area contributed by atoms with E-state index in [2.05, 4.69) is 10.3 Å². The Balaban J connectivity index is 1.68. The molecule has 3 unspecified atom stereocenters. The number of aromatic nitrogens is 1. The van der Waals surface area contributed by atoms with Crippen LogP contribution in [0.4, 0.5) is 23.2 Å². The number of alkyl halides is 2. The number of nitrogens with zero attached hydrogens (tertiary/aromatic N) is 1. The third-order valence-electron chi connectivity index (χ3n) is 6.40. The largest absolute Gasteiger partial charge is 0.493 e. The van der Waals surface area contributed by atoms with Crippen molar-refractivity contribution in [2.45, 2.75) is 42.4 Å². The van der Waals surface area contributed by atoms with Gasteiger partial charge in [0.25, 0.3) is 15.9 Å². The lowest BCUT2D eigenvalue weighted by Gasteiger charge is -2.27. The molecule has 0 amide bonds. The molecule has 2 aromatic rings. The summed E-state index contributed by atoms with van der Waals surface area (Å²) in [6.07, 6.45) is -0.742. The van der Waals surface area contributed by atoms with E-state index in [4.69, 9.17) is 9.88 Å². The van der Waals surface area contributed by atoms with Crippen LogP contribution in [0.2, 0.25) is 0 Å². The minimum atomic E-state index is -4.10. The van der Waals surface area contributed by atoms with Crippen LogP contribution in [0.3, 0.4) is 0 Å². The van der Waals surface area contributed by atoms with Crippen molar-refractivity contribution in [1.29, 1.82) is 0 Å². The highest BCUT2D eigenvalue weighted by Gasteiger charge is 2.74. The van der Waals surface area contributed by atoms with E-state index in [0.29, 0.717) is 0 Å². The van der Waals surface area contributed by atoms with Gasteiger partial charge in [-0.15, -0.1) is 0 Å². The Hall–Kier alpha value is -2.44. The highest BCUT2D eigenvalue weighted by Crippen LogP contribution is 2.73. The van der Waals surface area contributed by atoms with Gasteiger partial charge in [-0.1, -0.05) is 6.07 Å². The molecule has 7 nitrogen and oxygen atoms in total. The number of methoxy groups -OCH3 is 1. The van der Waals surface area contributed by atoms with Crippen LogP contribution in [-0.4, -0.2) is 37.8 Å². The molecule has 2 aliphatic rings. The highest BCUT2D eigenvalue weighted by atomic mass is 32.2. The number of halogens is 4. The molecule has 4 N–H and O–H groups in total. The minimum Gasteiger partial charge on any atom is -0.493 e. The van der Waals surface area contributed by atoms with Crippen molar-refractivity contribution >= 4 is 15.7 Å². The molecular formula is C20H21F4N3O4S. The van der Waals surface area contributed by atoms with Crippen molar-refractivity contribution in [3.05, 3.63) is 47.7 Å². The average Bonchev–Trinajstić information content (AvgIpc) is 3.04. The first kappa shape index (κ1) is 22.7. The molecule has 12 heteroatoms. The van der Waals surface area contributed by atoms with Gasteiger partial charge >= 0.3 is 0 Å². The maximum absolute atomic E-state index is 14.3. The van der Waals surface area contributed by atoms with E-state index in [-0.39, 0.29) is 30.5 Å². The van der Waals surface area contributed by atoms with Crippen molar-refractivity contribution in [3.8, 4) is 5.75 Å². The molecule has 1 heterocycles. The summed E-state index contributed by atoms with van der Waals surface area (Å²) in [5.41, 5.74) is -1.03. The smallest absolute Gasteiger partial charge is 0.255 e. The summed E-state index contributed by atoms with van der Waals surface area (Å²) in [6, 6.07) is 4.64. The lowest BCUT2D eigenvalue weighted by Crippen LogP contribution is -2.31. The molecule has 4 atom stereocenters. The summed E-state index contributed by atoms with van der Waals surface area (Å²) in [4.78, 5) is 3.64. The molecule has 2 fully saturated rings. The number of pyridine rings is 1. The summed E-state index contributed by atoms with van der Waals surface area (Å²) in [7, 11) is -2.96. The Morgan fingerprint density at radius 1 is 1.28 bits per heavy atom. The monoisotopic (exact) mass is 475 g/mol. The lowest BCUT2D eigenvalue weighted by atomic mass is 9.86. The average molecular weight is 475 g/mol. The zero-order valence-corrected chi connectivity index (χ0v) is 17.7. The lowest BCUT2D eigenvalue weighted by molar-refractivity contribution is 0.0594. The Bertz CT molecular complexity index is 1160. The standard InChI is InChI=1S/C20H21F4N3O4S/c1-31-17-11(2-3-14(21)16(17)22)12-7-19(9-20(19,23)24)8-13(12)18(28)27-10-4-5-26-15(6-10)32(25,29)30/h2-6,12-13,18,28H,7-9H2,1H3,(H,26,27)(H2,25,29,30)/t12?,13-,18?,19?/m1/s1. The number of ether oxygens (including phenoxy) is 1. The van der Waals surface area contributed by atoms with Crippen LogP contribution in [0, 0.1) is 23.0 Å². The fourth-order valence-electron chi connectivity index (χ4n) is 4.72. The molecule has 0 radical (unpaired) electrons. The molecular weight excluding hydrogens is 454 g/mol. The number of nitrogens with one attached hydrogen (secondary N) is 1. The van der Waals surface area contributed by atoms with E-state index < -0.39 is 61.8 Å². The van der Waals surface area contributed by atoms with Crippen LogP contribution in [0.25, 0.3) is 0 Å². The summed E-state index contributed by atoms with van der Waals surface area (Å²) in [5, 5.41) is 18.2. The van der Waals surface area contributed by atoms with Gasteiger partial charge < -0.3 is 15.2 Å². The van der Waals surface area contributed by atoms with Crippen LogP contribution < -0.4 is 15.2 Å². The van der Waals surface area contributed by atoms with Crippen LogP contribution in [0.1, 0.15) is 30.7 Å². The van der Waals surface area contributed by atoms with Crippen molar-refractivity contribution in [2.24, 2.45) is 16.5 Å². The van der Waals surface area contributed by atoms with E-state index >= 15 is 0 Å². The maximum Gasteiger partial charge on any atom is 0.255 e. The molecule has 2 aliphatic carbocycles. The van der Waals surface area contributed by atoms with E-state index in [1.807, 2.05) is 0 Å². The van der Waals surface area contributed by atoms with E-state index in [0.717, 1.165) is 25.4 Å². The molecule has 0 aliphatic heterocycles. The van der Waals surface area contributed by atoms with E-state index in [9.17, 15) is 31.1 Å². The fraction of sp³-hybridized carbons (Fsp3) is 0.450. The molecule has 4 rings (SSSR count). The highest BCUT2D eigenvalue weighted by molar-refractivity contribution is 7.89. The van der Waals surface area contributed by atoms with E-state index in [1.165, 1.54) is 12.1 Å². The predicted molar refractivity (Wildman–Crippen MR) is 106 cm³/mol. The SMILES string of the molecule is COc1c(C2CC3(C[C@H]2C(O)Nc2ccnc(S(N)(=O)=O)c2)CC3(F)F)ccc(F)c1F. The summed E-state index contributed by atoms with van der Waals surface area (Å²) < 4.78 is 84.5. The topological polar surface area (TPSA) is 115 Å². The number of benzene rings is 1. The molecule has 174 valence electrons. The maximum atomic E-state index is 14.3. The predicted octanol–water partition coefficient (Wildman–Crippen LogP) is 2.97. The van der Waals surface area contributed by atoms with Crippen molar-refractivity contribution in [3.63, 3.8) is 0 Å². The number of hydrogen-bond donors (Lipinski definition) is 3. The van der Waals surface area contributed by atoms with E-state index in [1.54, 1.807) is 0 Å². The normalized spacial score (nSPS) is 27.3. The van der Waals surface area contributed by atoms with Gasteiger partial charge in [-0.3, -0.25) is 0 Å². The van der Waals surface area contributed by atoms with Gasteiger partial charge in [0, 0.05) is 41.3 Å². The van der Waals surface area contributed by atoms with Crippen LogP contribution >= 0.6 is 0 Å². The quantitative estimate of drug-likeness (QED) is 0.437. The van der Waals surface area contributed by atoms with Gasteiger partial charge in [-0.05, 0) is 30.9 Å². The summed E-state index contributed by atoms with van der Waals surface area (Å²) >= 11 is 0. The number of primary sulfonamides is 1. The Morgan fingerprint density at radius 3 is 2.56 bits per heavy atom. The first-order chi connectivity index (χ1) is 14.9. The van der Waals surface area contributed by atoms with Crippen LogP contribution in [0.5, 0.6) is 5.75 Å². The van der Waals surface area contributed by atoms with Crippen molar-refractivity contribution in [1.82, 2.24) is 4.98 Å². The molecule has 2 saturated carbocycles. The number of hydrogen-bond acceptors (Lipinski definition) is 6. The van der Waals surface area contributed by atoms with Gasteiger partial charge in [0.05, 0.1) is 7.11 Å². The number of rotatable bonds is 6. The zero-order valence-electron chi connectivity index (χ0n) is 16.9.